The summed E-state index contributed by atoms with van der Waals surface area (Å²) >= 11 is 0. The second-order valence-electron chi connectivity index (χ2n) is 4.63. The van der Waals surface area contributed by atoms with Gasteiger partial charge in [-0.15, -0.1) is 0 Å². The summed E-state index contributed by atoms with van der Waals surface area (Å²) in [6.45, 7) is 4.02. The highest BCUT2D eigenvalue weighted by Gasteiger charge is 2.19. The average molecular weight is 287 g/mol. The van der Waals surface area contributed by atoms with E-state index in [9.17, 15) is 9.18 Å². The van der Waals surface area contributed by atoms with Gasteiger partial charge in [0.25, 0.3) is 5.91 Å². The third kappa shape index (κ3) is 3.18. The number of pyridine rings is 1. The van der Waals surface area contributed by atoms with Crippen molar-refractivity contribution in [3.05, 3.63) is 53.5 Å². The molecule has 1 heterocycles. The van der Waals surface area contributed by atoms with E-state index in [4.69, 9.17) is 0 Å². The smallest absolute Gasteiger partial charge is 0.258 e. The maximum Gasteiger partial charge on any atom is 0.258 e. The first kappa shape index (κ1) is 15.0. The molecule has 0 atom stereocenters. The largest absolute Gasteiger partial charge is 0.373 e. The quantitative estimate of drug-likeness (QED) is 0.939. The van der Waals surface area contributed by atoms with Crippen molar-refractivity contribution in [2.75, 3.05) is 23.8 Å². The normalized spacial score (nSPS) is 10.3. The summed E-state index contributed by atoms with van der Waals surface area (Å²) in [4.78, 5) is 18.3. The lowest BCUT2D eigenvalue weighted by atomic mass is 10.1. The molecule has 0 aliphatic rings. The Bertz CT molecular complexity index is 658. The van der Waals surface area contributed by atoms with Crippen molar-refractivity contribution >= 4 is 17.4 Å². The van der Waals surface area contributed by atoms with Gasteiger partial charge in [-0.1, -0.05) is 12.1 Å². The lowest BCUT2D eigenvalue weighted by molar-refractivity contribution is 0.0987. The van der Waals surface area contributed by atoms with Crippen LogP contribution in [0.4, 0.5) is 15.9 Å². The predicted octanol–water partition coefficient (Wildman–Crippen LogP) is 3.24. The van der Waals surface area contributed by atoms with E-state index in [2.05, 4.69) is 10.3 Å². The Kier molecular flexibility index (Phi) is 4.52. The van der Waals surface area contributed by atoms with E-state index in [1.807, 2.05) is 13.8 Å². The number of anilines is 2. The summed E-state index contributed by atoms with van der Waals surface area (Å²) in [6.07, 6.45) is 0. The van der Waals surface area contributed by atoms with Gasteiger partial charge in [0, 0.05) is 24.8 Å². The molecule has 2 rings (SSSR count). The number of amides is 1. The molecule has 2 aromatic rings. The lowest BCUT2D eigenvalue weighted by Crippen LogP contribution is -2.31. The van der Waals surface area contributed by atoms with Gasteiger partial charge in [-0.3, -0.25) is 4.79 Å². The van der Waals surface area contributed by atoms with E-state index in [1.165, 1.54) is 11.0 Å². The zero-order chi connectivity index (χ0) is 15.4. The van der Waals surface area contributed by atoms with Crippen LogP contribution in [0.5, 0.6) is 0 Å². The number of aryl methyl sites for hydroxylation is 1. The first-order valence-corrected chi connectivity index (χ1v) is 6.79. The van der Waals surface area contributed by atoms with Gasteiger partial charge < -0.3 is 10.2 Å². The van der Waals surface area contributed by atoms with Gasteiger partial charge >= 0.3 is 0 Å². The van der Waals surface area contributed by atoms with Crippen LogP contribution in [-0.2, 0) is 0 Å². The molecule has 0 fully saturated rings. The van der Waals surface area contributed by atoms with Crippen molar-refractivity contribution in [1.29, 1.82) is 0 Å². The van der Waals surface area contributed by atoms with Crippen molar-refractivity contribution < 1.29 is 9.18 Å². The van der Waals surface area contributed by atoms with Crippen molar-refractivity contribution in [2.45, 2.75) is 13.8 Å². The van der Waals surface area contributed by atoms with E-state index in [0.717, 1.165) is 5.69 Å². The SMILES string of the molecule is CCN(C(=O)c1cc(C)nc(NC)c1)c1ccccc1F. The van der Waals surface area contributed by atoms with Crippen LogP contribution in [0, 0.1) is 12.7 Å². The molecule has 110 valence electrons. The molecular formula is C16H18FN3O. The van der Waals surface area contributed by atoms with Gasteiger partial charge in [-0.25, -0.2) is 9.37 Å². The number of hydrogen-bond donors (Lipinski definition) is 1. The number of para-hydroxylation sites is 1. The fourth-order valence-corrected chi connectivity index (χ4v) is 2.17. The number of hydrogen-bond acceptors (Lipinski definition) is 3. The minimum atomic E-state index is -0.410. The highest BCUT2D eigenvalue weighted by molar-refractivity contribution is 6.06. The Labute approximate surface area is 123 Å². The second-order valence-corrected chi connectivity index (χ2v) is 4.63. The Morgan fingerprint density at radius 1 is 1.33 bits per heavy atom. The topological polar surface area (TPSA) is 45.2 Å². The molecule has 0 unspecified atom stereocenters. The fraction of sp³-hybridized carbons (Fsp3) is 0.250. The second kappa shape index (κ2) is 6.35. The van der Waals surface area contributed by atoms with Gasteiger partial charge in [-0.05, 0) is 38.1 Å². The molecule has 1 N–H and O–H groups in total. The van der Waals surface area contributed by atoms with Crippen LogP contribution in [0.25, 0.3) is 0 Å². The first-order chi connectivity index (χ1) is 10.1. The van der Waals surface area contributed by atoms with Gasteiger partial charge in [0.15, 0.2) is 0 Å². The molecule has 0 bridgehead atoms. The summed E-state index contributed by atoms with van der Waals surface area (Å²) in [6, 6.07) is 9.63. The maximum atomic E-state index is 13.9. The molecule has 0 aliphatic heterocycles. The third-order valence-corrected chi connectivity index (χ3v) is 3.16. The number of carbonyl (C=O) groups is 1. The predicted molar refractivity (Wildman–Crippen MR) is 82.3 cm³/mol. The summed E-state index contributed by atoms with van der Waals surface area (Å²) < 4.78 is 13.9. The van der Waals surface area contributed by atoms with Crippen LogP contribution in [0.15, 0.2) is 36.4 Å². The number of carbonyl (C=O) groups excluding carboxylic acids is 1. The minimum Gasteiger partial charge on any atom is -0.373 e. The van der Waals surface area contributed by atoms with Crippen molar-refractivity contribution in [3.8, 4) is 0 Å². The maximum absolute atomic E-state index is 13.9. The molecule has 0 saturated carbocycles. The van der Waals surface area contributed by atoms with E-state index >= 15 is 0 Å². The Hall–Kier alpha value is -2.43. The number of rotatable bonds is 4. The van der Waals surface area contributed by atoms with E-state index in [-0.39, 0.29) is 11.6 Å². The van der Waals surface area contributed by atoms with Gasteiger partial charge in [0.2, 0.25) is 0 Å². The van der Waals surface area contributed by atoms with E-state index in [0.29, 0.717) is 17.9 Å². The Morgan fingerprint density at radius 3 is 2.67 bits per heavy atom. The van der Waals surface area contributed by atoms with Crippen molar-refractivity contribution in [1.82, 2.24) is 4.98 Å². The first-order valence-electron chi connectivity index (χ1n) is 6.79. The molecule has 4 nitrogen and oxygen atoms in total. The van der Waals surface area contributed by atoms with Crippen LogP contribution >= 0.6 is 0 Å². The van der Waals surface area contributed by atoms with Crippen molar-refractivity contribution in [3.63, 3.8) is 0 Å². The molecular weight excluding hydrogens is 269 g/mol. The summed E-state index contributed by atoms with van der Waals surface area (Å²) in [5.41, 5.74) is 1.50. The lowest BCUT2D eigenvalue weighted by Gasteiger charge is -2.22. The highest BCUT2D eigenvalue weighted by atomic mass is 19.1. The van der Waals surface area contributed by atoms with Gasteiger partial charge in [-0.2, -0.15) is 0 Å². The van der Waals surface area contributed by atoms with Crippen LogP contribution in [0.1, 0.15) is 23.0 Å². The molecule has 0 radical (unpaired) electrons. The summed E-state index contributed by atoms with van der Waals surface area (Å²) in [7, 11) is 1.74. The zero-order valence-electron chi connectivity index (χ0n) is 12.4. The van der Waals surface area contributed by atoms with Gasteiger partial charge in [0.1, 0.15) is 11.6 Å². The standard InChI is InChI=1S/C16H18FN3O/c1-4-20(14-8-6-5-7-13(14)17)16(21)12-9-11(2)19-15(10-12)18-3/h5-10H,4H2,1-3H3,(H,18,19). The summed E-state index contributed by atoms with van der Waals surface area (Å²) in [5, 5.41) is 2.92. The van der Waals surface area contributed by atoms with Crippen LogP contribution in [0.2, 0.25) is 0 Å². The van der Waals surface area contributed by atoms with Crippen LogP contribution < -0.4 is 10.2 Å². The molecule has 21 heavy (non-hydrogen) atoms. The highest BCUT2D eigenvalue weighted by Crippen LogP contribution is 2.21. The molecule has 1 aromatic heterocycles. The van der Waals surface area contributed by atoms with Gasteiger partial charge in [0.05, 0.1) is 5.69 Å². The number of halogens is 1. The minimum absolute atomic E-state index is 0.246. The fourth-order valence-electron chi connectivity index (χ4n) is 2.17. The Morgan fingerprint density at radius 2 is 2.05 bits per heavy atom. The number of benzene rings is 1. The van der Waals surface area contributed by atoms with Crippen LogP contribution in [0.3, 0.4) is 0 Å². The Balaban J connectivity index is 2.41. The number of nitrogens with one attached hydrogen (secondary N) is 1. The zero-order valence-corrected chi connectivity index (χ0v) is 12.4. The molecule has 0 aliphatic carbocycles. The number of aromatic nitrogens is 1. The summed E-state index contributed by atoms with van der Waals surface area (Å²) in [5.74, 6) is -0.0418. The molecule has 0 spiro atoms. The van der Waals surface area contributed by atoms with E-state index < -0.39 is 5.82 Å². The number of nitrogens with zero attached hydrogens (tertiary/aromatic N) is 2. The van der Waals surface area contributed by atoms with Crippen molar-refractivity contribution in [2.24, 2.45) is 0 Å². The molecule has 0 saturated heterocycles. The third-order valence-electron chi connectivity index (χ3n) is 3.16. The van der Waals surface area contributed by atoms with Crippen LogP contribution in [-0.4, -0.2) is 24.5 Å². The average Bonchev–Trinajstić information content (AvgIpc) is 2.49. The van der Waals surface area contributed by atoms with E-state index in [1.54, 1.807) is 37.4 Å². The molecule has 1 aromatic carbocycles. The monoisotopic (exact) mass is 287 g/mol. The molecule has 5 heteroatoms. The molecule has 1 amide bonds.